The summed E-state index contributed by atoms with van der Waals surface area (Å²) < 4.78 is 6.08. The summed E-state index contributed by atoms with van der Waals surface area (Å²) in [5.74, 6) is 0.666. The number of nitrogens with zero attached hydrogens (tertiary/aromatic N) is 1. The molecular weight excluding hydrogens is 368 g/mol. The van der Waals surface area contributed by atoms with Gasteiger partial charge < -0.3 is 10.1 Å². The van der Waals surface area contributed by atoms with Crippen LogP contribution < -0.4 is 10.1 Å². The Morgan fingerprint density at radius 1 is 1.12 bits per heavy atom. The topological polar surface area (TPSA) is 51.2 Å². The van der Waals surface area contributed by atoms with E-state index in [1.54, 1.807) is 13.2 Å². The summed E-state index contributed by atoms with van der Waals surface area (Å²) in [6, 6.07) is 17.3. The Hall–Kier alpha value is -2.40. The van der Waals surface area contributed by atoms with E-state index >= 15 is 0 Å². The van der Waals surface area contributed by atoms with Gasteiger partial charge in [0.1, 0.15) is 11.4 Å². The number of halogens is 1. The first-order valence-electron chi connectivity index (χ1n) is 7.63. The third kappa shape index (κ3) is 3.92. The standard InChI is InChI=1S/C19H17BrN2O2/c1-24-16-7-2-13(3-8-16)10-11-21-19(23)17-9-5-14-4-6-15(20)12-18(14)22-17/h2-9,12H,10-11H2,1H3,(H,21,23). The number of hydrogen-bond acceptors (Lipinski definition) is 3. The number of amides is 1. The molecule has 0 radical (unpaired) electrons. The molecule has 24 heavy (non-hydrogen) atoms. The van der Waals surface area contributed by atoms with E-state index in [0.29, 0.717) is 12.2 Å². The lowest BCUT2D eigenvalue weighted by atomic mass is 10.1. The smallest absolute Gasteiger partial charge is 0.269 e. The van der Waals surface area contributed by atoms with E-state index in [0.717, 1.165) is 33.1 Å². The van der Waals surface area contributed by atoms with Crippen molar-refractivity contribution in [2.45, 2.75) is 6.42 Å². The fourth-order valence-corrected chi connectivity index (χ4v) is 2.77. The molecule has 4 nitrogen and oxygen atoms in total. The fourth-order valence-electron chi connectivity index (χ4n) is 2.42. The van der Waals surface area contributed by atoms with Crippen molar-refractivity contribution in [1.29, 1.82) is 0 Å². The molecule has 1 heterocycles. The monoisotopic (exact) mass is 384 g/mol. The number of rotatable bonds is 5. The minimum Gasteiger partial charge on any atom is -0.497 e. The van der Waals surface area contributed by atoms with E-state index in [2.05, 4.69) is 26.2 Å². The van der Waals surface area contributed by atoms with E-state index < -0.39 is 0 Å². The van der Waals surface area contributed by atoms with Crippen LogP contribution in [0.1, 0.15) is 16.1 Å². The first-order chi connectivity index (χ1) is 11.7. The van der Waals surface area contributed by atoms with Gasteiger partial charge >= 0.3 is 0 Å². The third-order valence-electron chi connectivity index (χ3n) is 3.75. The van der Waals surface area contributed by atoms with Gasteiger partial charge in [-0.2, -0.15) is 0 Å². The van der Waals surface area contributed by atoms with Crippen molar-refractivity contribution in [2.75, 3.05) is 13.7 Å². The Balaban J connectivity index is 1.62. The third-order valence-corrected chi connectivity index (χ3v) is 4.24. The second kappa shape index (κ2) is 7.45. The average molecular weight is 385 g/mol. The van der Waals surface area contributed by atoms with Crippen LogP contribution in [0.15, 0.2) is 59.1 Å². The highest BCUT2D eigenvalue weighted by Crippen LogP contribution is 2.18. The summed E-state index contributed by atoms with van der Waals surface area (Å²) >= 11 is 3.42. The van der Waals surface area contributed by atoms with Gasteiger partial charge in [0, 0.05) is 16.4 Å². The second-order valence-corrected chi connectivity index (χ2v) is 6.30. The predicted molar refractivity (Wildman–Crippen MR) is 98.5 cm³/mol. The number of carbonyl (C=O) groups is 1. The van der Waals surface area contributed by atoms with Gasteiger partial charge in [-0.25, -0.2) is 4.98 Å². The van der Waals surface area contributed by atoms with Crippen LogP contribution in [0.3, 0.4) is 0 Å². The average Bonchev–Trinajstić information content (AvgIpc) is 2.61. The van der Waals surface area contributed by atoms with Crippen LogP contribution in [0.25, 0.3) is 10.9 Å². The molecule has 2 aromatic carbocycles. The van der Waals surface area contributed by atoms with E-state index in [4.69, 9.17) is 4.74 Å². The normalized spacial score (nSPS) is 10.6. The van der Waals surface area contributed by atoms with Crippen LogP contribution in [-0.2, 0) is 6.42 Å². The molecule has 0 bridgehead atoms. The van der Waals surface area contributed by atoms with Crippen molar-refractivity contribution in [1.82, 2.24) is 10.3 Å². The Morgan fingerprint density at radius 2 is 1.88 bits per heavy atom. The van der Waals surface area contributed by atoms with Crippen molar-refractivity contribution in [2.24, 2.45) is 0 Å². The molecule has 0 aliphatic heterocycles. The van der Waals surface area contributed by atoms with Gasteiger partial charge in [-0.05, 0) is 42.3 Å². The van der Waals surface area contributed by atoms with Gasteiger partial charge in [0.2, 0.25) is 0 Å². The van der Waals surface area contributed by atoms with Crippen molar-refractivity contribution < 1.29 is 9.53 Å². The number of pyridine rings is 1. The van der Waals surface area contributed by atoms with Gasteiger partial charge in [-0.3, -0.25) is 4.79 Å². The predicted octanol–water partition coefficient (Wildman–Crippen LogP) is 3.98. The minimum absolute atomic E-state index is 0.162. The molecule has 0 atom stereocenters. The zero-order valence-corrected chi connectivity index (χ0v) is 14.8. The van der Waals surface area contributed by atoms with Crippen LogP contribution in [0.4, 0.5) is 0 Å². The summed E-state index contributed by atoms with van der Waals surface area (Å²) in [6.07, 6.45) is 0.759. The summed E-state index contributed by atoms with van der Waals surface area (Å²) in [5.41, 5.74) is 2.37. The van der Waals surface area contributed by atoms with Gasteiger partial charge in [0.25, 0.3) is 5.91 Å². The Kier molecular flexibility index (Phi) is 5.11. The molecule has 0 spiro atoms. The van der Waals surface area contributed by atoms with Gasteiger partial charge in [0.05, 0.1) is 12.6 Å². The summed E-state index contributed by atoms with van der Waals surface area (Å²) in [6.45, 7) is 0.559. The molecule has 0 aliphatic rings. The molecule has 0 aliphatic carbocycles. The van der Waals surface area contributed by atoms with E-state index in [-0.39, 0.29) is 5.91 Å². The van der Waals surface area contributed by atoms with Crippen LogP contribution in [0.5, 0.6) is 5.75 Å². The van der Waals surface area contributed by atoms with Crippen LogP contribution >= 0.6 is 15.9 Å². The first-order valence-corrected chi connectivity index (χ1v) is 8.42. The molecule has 3 rings (SSSR count). The molecule has 5 heteroatoms. The van der Waals surface area contributed by atoms with Gasteiger partial charge in [-0.1, -0.05) is 40.2 Å². The SMILES string of the molecule is COc1ccc(CCNC(=O)c2ccc3ccc(Br)cc3n2)cc1. The highest BCUT2D eigenvalue weighted by Gasteiger charge is 2.08. The molecule has 1 aromatic heterocycles. The number of ether oxygens (including phenoxy) is 1. The number of nitrogens with one attached hydrogen (secondary N) is 1. The lowest BCUT2D eigenvalue weighted by Gasteiger charge is -2.07. The van der Waals surface area contributed by atoms with Crippen molar-refractivity contribution >= 4 is 32.7 Å². The molecule has 1 N–H and O–H groups in total. The summed E-state index contributed by atoms with van der Waals surface area (Å²) in [7, 11) is 1.64. The first kappa shape index (κ1) is 16.5. The van der Waals surface area contributed by atoms with Crippen LogP contribution in [0.2, 0.25) is 0 Å². The maximum Gasteiger partial charge on any atom is 0.269 e. The lowest BCUT2D eigenvalue weighted by molar-refractivity contribution is 0.0949. The van der Waals surface area contributed by atoms with Crippen LogP contribution in [0, 0.1) is 0 Å². The number of fused-ring (bicyclic) bond motifs is 1. The maximum atomic E-state index is 12.3. The number of benzene rings is 2. The van der Waals surface area contributed by atoms with Gasteiger partial charge in [0.15, 0.2) is 0 Å². The maximum absolute atomic E-state index is 12.3. The molecule has 0 saturated heterocycles. The molecular formula is C19H17BrN2O2. The van der Waals surface area contributed by atoms with Crippen molar-refractivity contribution in [3.05, 3.63) is 70.3 Å². The summed E-state index contributed by atoms with van der Waals surface area (Å²) in [4.78, 5) is 16.7. The Morgan fingerprint density at radius 3 is 2.62 bits per heavy atom. The quantitative estimate of drug-likeness (QED) is 0.723. The highest BCUT2D eigenvalue weighted by atomic mass is 79.9. The second-order valence-electron chi connectivity index (χ2n) is 5.39. The van der Waals surface area contributed by atoms with Gasteiger partial charge in [-0.15, -0.1) is 0 Å². The Labute approximate surface area is 149 Å². The minimum atomic E-state index is -0.162. The van der Waals surface area contributed by atoms with Crippen molar-refractivity contribution in [3.8, 4) is 5.75 Å². The van der Waals surface area contributed by atoms with Crippen molar-refractivity contribution in [3.63, 3.8) is 0 Å². The zero-order valence-electron chi connectivity index (χ0n) is 13.3. The molecule has 122 valence electrons. The number of aromatic nitrogens is 1. The molecule has 0 saturated carbocycles. The molecule has 3 aromatic rings. The summed E-state index contributed by atoms with van der Waals surface area (Å²) in [5, 5.41) is 3.92. The highest BCUT2D eigenvalue weighted by molar-refractivity contribution is 9.10. The van der Waals surface area contributed by atoms with E-state index in [1.165, 1.54) is 0 Å². The fraction of sp³-hybridized carbons (Fsp3) is 0.158. The van der Waals surface area contributed by atoms with Crippen LogP contribution in [-0.4, -0.2) is 24.5 Å². The molecule has 0 unspecified atom stereocenters. The largest absolute Gasteiger partial charge is 0.497 e. The number of hydrogen-bond donors (Lipinski definition) is 1. The van der Waals surface area contributed by atoms with E-state index in [9.17, 15) is 4.79 Å². The number of methoxy groups -OCH3 is 1. The van der Waals surface area contributed by atoms with E-state index in [1.807, 2.05) is 48.5 Å². The zero-order chi connectivity index (χ0) is 16.9. The number of carbonyl (C=O) groups excluding carboxylic acids is 1. The molecule has 0 fully saturated rings. The molecule has 1 amide bonds. The Bertz CT molecular complexity index is 863. The lowest BCUT2D eigenvalue weighted by Crippen LogP contribution is -2.26.